The molecule has 0 fully saturated rings. The van der Waals surface area contributed by atoms with Gasteiger partial charge >= 0.3 is 0 Å². The van der Waals surface area contributed by atoms with E-state index in [9.17, 15) is 4.79 Å². The van der Waals surface area contributed by atoms with E-state index in [0.717, 1.165) is 5.52 Å². The second kappa shape index (κ2) is 2.14. The molecule has 1 aromatic carbocycles. The number of aromatic nitrogens is 2. The Hall–Kier alpha value is -1.71. The SMILES string of the molecule is Cn1[nH]c(=O)c2cccc(N)c21. The minimum Gasteiger partial charge on any atom is -0.397 e. The number of aryl methyl sites for hydroxylation is 1. The average molecular weight is 163 g/mol. The molecule has 0 saturated heterocycles. The van der Waals surface area contributed by atoms with Gasteiger partial charge < -0.3 is 5.73 Å². The number of nitrogens with one attached hydrogen (secondary N) is 1. The van der Waals surface area contributed by atoms with Crippen molar-refractivity contribution in [1.82, 2.24) is 9.78 Å². The zero-order valence-electron chi connectivity index (χ0n) is 6.66. The lowest BCUT2D eigenvalue weighted by Gasteiger charge is -1.97. The predicted molar refractivity (Wildman–Crippen MR) is 48.0 cm³/mol. The van der Waals surface area contributed by atoms with Crippen molar-refractivity contribution >= 4 is 16.6 Å². The van der Waals surface area contributed by atoms with Gasteiger partial charge in [-0.25, -0.2) is 0 Å². The van der Waals surface area contributed by atoms with Crippen molar-refractivity contribution in [3.63, 3.8) is 0 Å². The fourth-order valence-corrected chi connectivity index (χ4v) is 1.39. The average Bonchev–Trinajstić information content (AvgIpc) is 2.29. The minimum atomic E-state index is -0.0974. The van der Waals surface area contributed by atoms with E-state index in [1.165, 1.54) is 0 Å². The number of nitrogen functional groups attached to an aromatic ring is 1. The van der Waals surface area contributed by atoms with E-state index in [2.05, 4.69) is 5.10 Å². The lowest BCUT2D eigenvalue weighted by atomic mass is 10.2. The van der Waals surface area contributed by atoms with Gasteiger partial charge in [0.15, 0.2) is 0 Å². The van der Waals surface area contributed by atoms with Crippen molar-refractivity contribution in [2.24, 2.45) is 7.05 Å². The van der Waals surface area contributed by atoms with Crippen LogP contribution >= 0.6 is 0 Å². The summed E-state index contributed by atoms with van der Waals surface area (Å²) in [6, 6.07) is 5.30. The third kappa shape index (κ3) is 0.747. The molecule has 0 saturated carbocycles. The van der Waals surface area contributed by atoms with Gasteiger partial charge in [0.2, 0.25) is 0 Å². The summed E-state index contributed by atoms with van der Waals surface area (Å²) in [5.41, 5.74) is 6.98. The van der Waals surface area contributed by atoms with Crippen LogP contribution in [0.15, 0.2) is 23.0 Å². The Morgan fingerprint density at radius 1 is 1.50 bits per heavy atom. The Balaban J connectivity index is 3.09. The topological polar surface area (TPSA) is 63.8 Å². The van der Waals surface area contributed by atoms with Gasteiger partial charge in [-0.1, -0.05) is 6.07 Å². The monoisotopic (exact) mass is 163 g/mol. The van der Waals surface area contributed by atoms with Crippen LogP contribution in [0.5, 0.6) is 0 Å². The summed E-state index contributed by atoms with van der Waals surface area (Å²) < 4.78 is 1.63. The van der Waals surface area contributed by atoms with Gasteiger partial charge in [0, 0.05) is 7.05 Å². The van der Waals surface area contributed by atoms with Crippen molar-refractivity contribution in [3.05, 3.63) is 28.6 Å². The molecule has 2 rings (SSSR count). The number of nitrogens with two attached hydrogens (primary N) is 1. The molecule has 0 amide bonds. The molecule has 1 aromatic heterocycles. The van der Waals surface area contributed by atoms with Gasteiger partial charge in [-0.15, -0.1) is 0 Å². The van der Waals surface area contributed by atoms with Crippen molar-refractivity contribution in [1.29, 1.82) is 0 Å². The molecular formula is C8H9N3O. The molecule has 0 aliphatic rings. The van der Waals surface area contributed by atoms with Gasteiger partial charge in [-0.2, -0.15) is 0 Å². The molecule has 0 spiro atoms. The second-order valence-corrected chi connectivity index (χ2v) is 2.74. The third-order valence-corrected chi connectivity index (χ3v) is 1.92. The van der Waals surface area contributed by atoms with Crippen molar-refractivity contribution in [2.75, 3.05) is 5.73 Å². The molecule has 0 atom stereocenters. The maximum absolute atomic E-state index is 11.2. The summed E-state index contributed by atoms with van der Waals surface area (Å²) in [5, 5.41) is 3.27. The molecule has 0 aliphatic heterocycles. The highest BCUT2D eigenvalue weighted by molar-refractivity contribution is 5.89. The van der Waals surface area contributed by atoms with Crippen LogP contribution in [0.2, 0.25) is 0 Å². The maximum Gasteiger partial charge on any atom is 0.272 e. The first kappa shape index (κ1) is 6.97. The van der Waals surface area contributed by atoms with Crippen LogP contribution < -0.4 is 11.3 Å². The highest BCUT2D eigenvalue weighted by atomic mass is 16.1. The number of H-pyrrole nitrogens is 1. The summed E-state index contributed by atoms with van der Waals surface area (Å²) in [6.45, 7) is 0. The number of anilines is 1. The molecule has 4 nitrogen and oxygen atoms in total. The number of rotatable bonds is 0. The fourth-order valence-electron chi connectivity index (χ4n) is 1.39. The molecule has 0 radical (unpaired) electrons. The minimum absolute atomic E-state index is 0.0974. The number of fused-ring (bicyclic) bond motifs is 1. The van der Waals surface area contributed by atoms with E-state index in [1.807, 2.05) is 0 Å². The first-order valence-corrected chi connectivity index (χ1v) is 3.63. The molecule has 0 aliphatic carbocycles. The van der Waals surface area contributed by atoms with Crippen LogP contribution in [-0.2, 0) is 7.05 Å². The van der Waals surface area contributed by atoms with Crippen molar-refractivity contribution in [3.8, 4) is 0 Å². The van der Waals surface area contributed by atoms with Crippen LogP contribution in [0.1, 0.15) is 0 Å². The number of nitrogens with zero attached hydrogens (tertiary/aromatic N) is 1. The molecule has 3 N–H and O–H groups in total. The lowest BCUT2D eigenvalue weighted by molar-refractivity contribution is 0.784. The van der Waals surface area contributed by atoms with Crippen molar-refractivity contribution < 1.29 is 0 Å². The van der Waals surface area contributed by atoms with Gasteiger partial charge in [0.25, 0.3) is 5.56 Å². The van der Waals surface area contributed by atoms with E-state index in [-0.39, 0.29) is 5.56 Å². The lowest BCUT2D eigenvalue weighted by Crippen LogP contribution is -2.01. The highest BCUT2D eigenvalue weighted by Gasteiger charge is 2.04. The summed E-state index contributed by atoms with van der Waals surface area (Å²) in [6.07, 6.45) is 0. The second-order valence-electron chi connectivity index (χ2n) is 2.74. The van der Waals surface area contributed by atoms with Gasteiger partial charge in [0.1, 0.15) is 0 Å². The Bertz CT molecular complexity index is 480. The molecule has 12 heavy (non-hydrogen) atoms. The standard InChI is InChI=1S/C8H9N3O/c1-11-7-5(8(12)10-11)3-2-4-6(7)9/h2-4H,9H2,1H3,(H,10,12). The van der Waals surface area contributed by atoms with Crippen LogP contribution in [0.3, 0.4) is 0 Å². The molecular weight excluding hydrogens is 154 g/mol. The van der Waals surface area contributed by atoms with E-state index in [4.69, 9.17) is 5.73 Å². The number of hydrogen-bond donors (Lipinski definition) is 2. The molecule has 2 aromatic rings. The van der Waals surface area contributed by atoms with Gasteiger partial charge in [0.05, 0.1) is 16.6 Å². The summed E-state index contributed by atoms with van der Waals surface area (Å²) in [5.74, 6) is 0. The normalized spacial score (nSPS) is 10.8. The van der Waals surface area contributed by atoms with E-state index in [1.54, 1.807) is 29.9 Å². The summed E-state index contributed by atoms with van der Waals surface area (Å²) >= 11 is 0. The van der Waals surface area contributed by atoms with Crippen LogP contribution in [0.25, 0.3) is 10.9 Å². The molecule has 0 unspecified atom stereocenters. The molecule has 1 heterocycles. The summed E-state index contributed by atoms with van der Waals surface area (Å²) in [4.78, 5) is 11.2. The van der Waals surface area contributed by atoms with E-state index in [0.29, 0.717) is 11.1 Å². The zero-order chi connectivity index (χ0) is 8.72. The van der Waals surface area contributed by atoms with Crippen LogP contribution in [-0.4, -0.2) is 9.78 Å². The number of hydrogen-bond acceptors (Lipinski definition) is 2. The van der Waals surface area contributed by atoms with Gasteiger partial charge in [-0.3, -0.25) is 14.6 Å². The number of para-hydroxylation sites is 1. The fraction of sp³-hybridized carbons (Fsp3) is 0.125. The largest absolute Gasteiger partial charge is 0.397 e. The molecule has 62 valence electrons. The highest BCUT2D eigenvalue weighted by Crippen LogP contribution is 2.15. The van der Waals surface area contributed by atoms with Crippen LogP contribution in [0.4, 0.5) is 5.69 Å². The van der Waals surface area contributed by atoms with E-state index < -0.39 is 0 Å². The maximum atomic E-state index is 11.2. The Kier molecular flexibility index (Phi) is 1.24. The predicted octanol–water partition coefficient (Wildman–Crippen LogP) is 0.449. The first-order chi connectivity index (χ1) is 5.70. The van der Waals surface area contributed by atoms with Crippen molar-refractivity contribution in [2.45, 2.75) is 0 Å². The van der Waals surface area contributed by atoms with Gasteiger partial charge in [-0.05, 0) is 12.1 Å². The molecule has 0 bridgehead atoms. The number of benzene rings is 1. The Labute approximate surface area is 68.6 Å². The Morgan fingerprint density at radius 3 is 2.92 bits per heavy atom. The van der Waals surface area contributed by atoms with E-state index >= 15 is 0 Å². The third-order valence-electron chi connectivity index (χ3n) is 1.92. The smallest absolute Gasteiger partial charge is 0.272 e. The van der Waals surface area contributed by atoms with Crippen LogP contribution in [0, 0.1) is 0 Å². The quantitative estimate of drug-likeness (QED) is 0.554. The number of aromatic amines is 1. The molecule has 4 heteroatoms. The zero-order valence-corrected chi connectivity index (χ0v) is 6.66. The Morgan fingerprint density at radius 2 is 2.25 bits per heavy atom. The summed E-state index contributed by atoms with van der Waals surface area (Å²) in [7, 11) is 1.76. The first-order valence-electron chi connectivity index (χ1n) is 3.63.